The number of rotatable bonds is 5. The van der Waals surface area contributed by atoms with E-state index in [0.717, 1.165) is 44.6 Å². The Morgan fingerprint density at radius 1 is 1.29 bits per heavy atom. The van der Waals surface area contributed by atoms with E-state index >= 15 is 0 Å². The molecule has 3 rings (SSSR count). The summed E-state index contributed by atoms with van der Waals surface area (Å²) in [7, 11) is 0. The minimum Gasteiger partial charge on any atom is -0.352 e. The molecule has 4 heteroatoms. The fraction of sp³-hybridized carbons (Fsp3) is 0.588. The van der Waals surface area contributed by atoms with Crippen LogP contribution in [0.1, 0.15) is 40.7 Å². The van der Waals surface area contributed by atoms with Gasteiger partial charge in [0.1, 0.15) is 0 Å². The molecule has 2 heterocycles. The summed E-state index contributed by atoms with van der Waals surface area (Å²) in [6, 6.07) is 6.07. The molecule has 2 N–H and O–H groups in total. The van der Waals surface area contributed by atoms with Gasteiger partial charge in [0.2, 0.25) is 0 Å². The second-order valence-electron chi connectivity index (χ2n) is 6.03. The third-order valence-corrected chi connectivity index (χ3v) is 4.52. The van der Waals surface area contributed by atoms with Gasteiger partial charge in [-0.1, -0.05) is 12.1 Å². The third-order valence-electron chi connectivity index (χ3n) is 4.52. The van der Waals surface area contributed by atoms with Gasteiger partial charge in [0.25, 0.3) is 5.91 Å². The zero-order chi connectivity index (χ0) is 14.5. The van der Waals surface area contributed by atoms with Crippen molar-refractivity contribution in [2.75, 3.05) is 32.7 Å². The first-order valence-electron chi connectivity index (χ1n) is 8.16. The molecule has 0 bridgehead atoms. The molecule has 21 heavy (non-hydrogen) atoms. The average molecular weight is 287 g/mol. The van der Waals surface area contributed by atoms with E-state index in [4.69, 9.17) is 0 Å². The summed E-state index contributed by atoms with van der Waals surface area (Å²) in [4.78, 5) is 14.9. The Labute approximate surface area is 126 Å². The molecule has 0 unspecified atom stereocenters. The molecule has 0 saturated carbocycles. The van der Waals surface area contributed by atoms with Crippen LogP contribution in [0.25, 0.3) is 0 Å². The van der Waals surface area contributed by atoms with Crippen molar-refractivity contribution in [1.82, 2.24) is 15.5 Å². The van der Waals surface area contributed by atoms with E-state index in [1.54, 1.807) is 0 Å². The van der Waals surface area contributed by atoms with Crippen LogP contribution in [0.5, 0.6) is 0 Å². The molecule has 1 fully saturated rings. The normalized spacial score (nSPS) is 18.5. The Bertz CT molecular complexity index is 495. The van der Waals surface area contributed by atoms with Crippen LogP contribution in [0, 0.1) is 0 Å². The van der Waals surface area contributed by atoms with Crippen molar-refractivity contribution in [3.8, 4) is 0 Å². The quantitative estimate of drug-likeness (QED) is 0.808. The first-order chi connectivity index (χ1) is 10.3. The average Bonchev–Trinajstić information content (AvgIpc) is 3.04. The molecule has 0 aliphatic carbocycles. The lowest BCUT2D eigenvalue weighted by molar-refractivity contribution is 0.0951. The molecule has 114 valence electrons. The monoisotopic (exact) mass is 287 g/mol. The lowest BCUT2D eigenvalue weighted by Crippen LogP contribution is -2.31. The van der Waals surface area contributed by atoms with Gasteiger partial charge < -0.3 is 15.5 Å². The number of hydrogen-bond donors (Lipinski definition) is 2. The topological polar surface area (TPSA) is 44.4 Å². The minimum atomic E-state index is 0.0928. The van der Waals surface area contributed by atoms with E-state index in [2.05, 4.69) is 21.6 Å². The third kappa shape index (κ3) is 3.63. The highest BCUT2D eigenvalue weighted by atomic mass is 16.1. The standard InChI is InChI=1S/C17H25N3O/c21-17(19-8-4-12-20-10-1-2-11-20)16-6-3-5-14-13-18-9-7-15(14)16/h3,5-6,18H,1-2,4,7-13H2,(H,19,21). The summed E-state index contributed by atoms with van der Waals surface area (Å²) in [5.74, 6) is 0.0928. The summed E-state index contributed by atoms with van der Waals surface area (Å²) in [6.07, 6.45) is 4.65. The summed E-state index contributed by atoms with van der Waals surface area (Å²) in [6.45, 7) is 6.19. The van der Waals surface area contributed by atoms with Gasteiger partial charge in [0.15, 0.2) is 0 Å². The maximum Gasteiger partial charge on any atom is 0.251 e. The zero-order valence-corrected chi connectivity index (χ0v) is 12.7. The molecule has 0 radical (unpaired) electrons. The lowest BCUT2D eigenvalue weighted by Gasteiger charge is -2.20. The maximum atomic E-state index is 12.4. The van der Waals surface area contributed by atoms with E-state index in [9.17, 15) is 4.79 Å². The summed E-state index contributed by atoms with van der Waals surface area (Å²) >= 11 is 0. The van der Waals surface area contributed by atoms with Crippen LogP contribution in [0.4, 0.5) is 0 Å². The Balaban J connectivity index is 1.51. The molecule has 4 nitrogen and oxygen atoms in total. The van der Waals surface area contributed by atoms with Crippen LogP contribution < -0.4 is 10.6 Å². The number of carbonyl (C=O) groups excluding carboxylic acids is 1. The first-order valence-corrected chi connectivity index (χ1v) is 8.16. The van der Waals surface area contributed by atoms with Gasteiger partial charge in [-0.2, -0.15) is 0 Å². The van der Waals surface area contributed by atoms with Gasteiger partial charge in [0, 0.05) is 18.7 Å². The van der Waals surface area contributed by atoms with Crippen molar-refractivity contribution in [3.63, 3.8) is 0 Å². The SMILES string of the molecule is O=C(NCCCN1CCCC1)c1cccc2c1CCNC2. The highest BCUT2D eigenvalue weighted by Crippen LogP contribution is 2.18. The number of nitrogens with one attached hydrogen (secondary N) is 2. The molecular formula is C17H25N3O. The predicted molar refractivity (Wildman–Crippen MR) is 84.5 cm³/mol. The highest BCUT2D eigenvalue weighted by Gasteiger charge is 2.17. The smallest absolute Gasteiger partial charge is 0.251 e. The summed E-state index contributed by atoms with van der Waals surface area (Å²) in [5, 5.41) is 6.44. The Morgan fingerprint density at radius 2 is 2.14 bits per heavy atom. The first kappa shape index (κ1) is 14.5. The number of benzene rings is 1. The lowest BCUT2D eigenvalue weighted by atomic mass is 9.95. The van der Waals surface area contributed by atoms with E-state index in [1.165, 1.54) is 37.1 Å². The fourth-order valence-electron chi connectivity index (χ4n) is 3.35. The van der Waals surface area contributed by atoms with Crippen molar-refractivity contribution in [3.05, 3.63) is 34.9 Å². The van der Waals surface area contributed by atoms with Crippen LogP contribution in [0.2, 0.25) is 0 Å². The number of carbonyl (C=O) groups is 1. The molecule has 0 spiro atoms. The van der Waals surface area contributed by atoms with Crippen molar-refractivity contribution < 1.29 is 4.79 Å². The van der Waals surface area contributed by atoms with E-state index in [0.29, 0.717) is 0 Å². The second kappa shape index (κ2) is 7.05. The zero-order valence-electron chi connectivity index (χ0n) is 12.7. The molecule has 0 aromatic heterocycles. The fourth-order valence-corrected chi connectivity index (χ4v) is 3.35. The minimum absolute atomic E-state index is 0.0928. The maximum absolute atomic E-state index is 12.4. The number of fused-ring (bicyclic) bond motifs is 1. The molecule has 0 atom stereocenters. The molecule has 2 aliphatic rings. The van der Waals surface area contributed by atoms with Crippen molar-refractivity contribution in [1.29, 1.82) is 0 Å². The van der Waals surface area contributed by atoms with E-state index in [-0.39, 0.29) is 5.91 Å². The Morgan fingerprint density at radius 3 is 3.00 bits per heavy atom. The van der Waals surface area contributed by atoms with Gasteiger partial charge in [-0.3, -0.25) is 4.79 Å². The summed E-state index contributed by atoms with van der Waals surface area (Å²) < 4.78 is 0. The highest BCUT2D eigenvalue weighted by molar-refractivity contribution is 5.96. The van der Waals surface area contributed by atoms with Crippen LogP contribution in [0.3, 0.4) is 0 Å². The number of likely N-dealkylation sites (tertiary alicyclic amines) is 1. The van der Waals surface area contributed by atoms with Gasteiger partial charge in [-0.25, -0.2) is 0 Å². The summed E-state index contributed by atoms with van der Waals surface area (Å²) in [5.41, 5.74) is 3.37. The van der Waals surface area contributed by atoms with E-state index in [1.807, 2.05) is 12.1 Å². The number of nitrogens with zero attached hydrogens (tertiary/aromatic N) is 1. The van der Waals surface area contributed by atoms with Crippen LogP contribution in [-0.4, -0.2) is 43.5 Å². The predicted octanol–water partition coefficient (Wildman–Crippen LogP) is 1.55. The largest absolute Gasteiger partial charge is 0.352 e. The van der Waals surface area contributed by atoms with Crippen LogP contribution >= 0.6 is 0 Å². The van der Waals surface area contributed by atoms with Gasteiger partial charge >= 0.3 is 0 Å². The van der Waals surface area contributed by atoms with Crippen molar-refractivity contribution in [2.45, 2.75) is 32.2 Å². The van der Waals surface area contributed by atoms with Gasteiger partial charge in [-0.15, -0.1) is 0 Å². The molecule has 1 aromatic rings. The van der Waals surface area contributed by atoms with Gasteiger partial charge in [-0.05, 0) is 69.1 Å². The molecule has 1 saturated heterocycles. The van der Waals surface area contributed by atoms with Crippen molar-refractivity contribution in [2.24, 2.45) is 0 Å². The van der Waals surface area contributed by atoms with Crippen LogP contribution in [0.15, 0.2) is 18.2 Å². The van der Waals surface area contributed by atoms with E-state index < -0.39 is 0 Å². The number of hydrogen-bond acceptors (Lipinski definition) is 3. The number of amides is 1. The molecule has 1 aromatic carbocycles. The molecular weight excluding hydrogens is 262 g/mol. The van der Waals surface area contributed by atoms with Crippen molar-refractivity contribution >= 4 is 5.91 Å². The van der Waals surface area contributed by atoms with Crippen LogP contribution in [-0.2, 0) is 13.0 Å². The molecule has 1 amide bonds. The van der Waals surface area contributed by atoms with Gasteiger partial charge in [0.05, 0.1) is 0 Å². The second-order valence-corrected chi connectivity index (χ2v) is 6.03. The Kier molecular flexibility index (Phi) is 4.88. The Hall–Kier alpha value is -1.39. The molecule has 2 aliphatic heterocycles.